The Morgan fingerprint density at radius 2 is 2.22 bits per heavy atom. The number of hydrogen-bond acceptors (Lipinski definition) is 5. The number of aryl methyl sites for hydroxylation is 1. The molecule has 0 aliphatic carbocycles. The van der Waals surface area contributed by atoms with E-state index in [0.29, 0.717) is 5.25 Å². The minimum atomic E-state index is 0.442. The Morgan fingerprint density at radius 3 is 2.89 bits per heavy atom. The fraction of sp³-hybridized carbons (Fsp3) is 0.667. The summed E-state index contributed by atoms with van der Waals surface area (Å²) in [6.07, 6.45) is 1.10. The first kappa shape index (κ1) is 14.5. The molecule has 0 saturated carbocycles. The van der Waals surface area contributed by atoms with E-state index in [2.05, 4.69) is 33.2 Å². The molecule has 0 aromatic carbocycles. The zero-order chi connectivity index (χ0) is 13.0. The Bertz CT molecular complexity index is 409. The van der Waals surface area contributed by atoms with Crippen LogP contribution in [0.1, 0.15) is 30.1 Å². The van der Waals surface area contributed by atoms with Gasteiger partial charge in [-0.05, 0) is 29.3 Å². The lowest BCUT2D eigenvalue weighted by Crippen LogP contribution is -2.13. The van der Waals surface area contributed by atoms with E-state index in [9.17, 15) is 0 Å². The van der Waals surface area contributed by atoms with Crippen molar-refractivity contribution in [1.29, 1.82) is 0 Å². The van der Waals surface area contributed by atoms with Crippen LogP contribution in [0, 0.1) is 6.92 Å². The molecular weight excluding hydrogens is 330 g/mol. The van der Waals surface area contributed by atoms with E-state index in [1.807, 2.05) is 30.4 Å². The van der Waals surface area contributed by atoms with Crippen LogP contribution in [0.15, 0.2) is 4.47 Å². The molecule has 2 heterocycles. The molecule has 0 bridgehead atoms. The van der Waals surface area contributed by atoms with Gasteiger partial charge in [-0.15, -0.1) is 11.8 Å². The third-order valence-electron chi connectivity index (χ3n) is 2.68. The van der Waals surface area contributed by atoms with Crippen molar-refractivity contribution in [2.45, 2.75) is 25.5 Å². The van der Waals surface area contributed by atoms with Gasteiger partial charge in [0.1, 0.15) is 11.6 Å². The Balaban J connectivity index is 2.22. The molecule has 1 aromatic heterocycles. The van der Waals surface area contributed by atoms with E-state index >= 15 is 0 Å². The zero-order valence-electron chi connectivity index (χ0n) is 10.7. The van der Waals surface area contributed by atoms with Gasteiger partial charge in [-0.2, -0.15) is 11.8 Å². The van der Waals surface area contributed by atoms with Crippen LogP contribution in [0.2, 0.25) is 0 Å². The number of thioether (sulfide) groups is 2. The molecule has 1 atom stereocenters. The predicted octanol–water partition coefficient (Wildman–Crippen LogP) is 3.89. The van der Waals surface area contributed by atoms with Crippen LogP contribution in [0.25, 0.3) is 0 Å². The molecule has 1 fully saturated rings. The summed E-state index contributed by atoms with van der Waals surface area (Å²) in [6, 6.07) is 0. The van der Waals surface area contributed by atoms with Gasteiger partial charge < -0.3 is 5.32 Å². The molecule has 18 heavy (non-hydrogen) atoms. The molecule has 0 spiro atoms. The third-order valence-corrected chi connectivity index (χ3v) is 6.38. The summed E-state index contributed by atoms with van der Waals surface area (Å²) in [6.45, 7) is 5.14. The minimum Gasteiger partial charge on any atom is -0.369 e. The van der Waals surface area contributed by atoms with E-state index in [-0.39, 0.29) is 0 Å². The predicted molar refractivity (Wildman–Crippen MR) is 85.8 cm³/mol. The number of anilines is 1. The average Bonchev–Trinajstić information content (AvgIpc) is 2.41. The van der Waals surface area contributed by atoms with Gasteiger partial charge in [0.15, 0.2) is 0 Å². The lowest BCUT2D eigenvalue weighted by Gasteiger charge is -2.21. The average molecular weight is 348 g/mol. The third kappa shape index (κ3) is 3.54. The molecule has 1 aliphatic rings. The Labute approximate surface area is 125 Å². The molecule has 1 saturated heterocycles. The quantitative estimate of drug-likeness (QED) is 0.894. The summed E-state index contributed by atoms with van der Waals surface area (Å²) >= 11 is 7.54. The van der Waals surface area contributed by atoms with Crippen LogP contribution in [-0.4, -0.2) is 33.8 Å². The summed E-state index contributed by atoms with van der Waals surface area (Å²) in [5.74, 6) is 5.49. The second-order valence-electron chi connectivity index (χ2n) is 4.19. The second kappa shape index (κ2) is 7.01. The molecular formula is C12H18BrN3S2. The maximum atomic E-state index is 4.69. The van der Waals surface area contributed by atoms with E-state index in [0.717, 1.165) is 40.5 Å². The molecule has 3 nitrogen and oxygen atoms in total. The first-order valence-corrected chi connectivity index (χ1v) is 9.19. The molecule has 0 radical (unpaired) electrons. The van der Waals surface area contributed by atoms with Gasteiger partial charge in [-0.25, -0.2) is 9.97 Å². The van der Waals surface area contributed by atoms with Gasteiger partial charge in [0.25, 0.3) is 0 Å². The van der Waals surface area contributed by atoms with Gasteiger partial charge >= 0.3 is 0 Å². The number of aromatic nitrogens is 2. The van der Waals surface area contributed by atoms with Crippen LogP contribution >= 0.6 is 39.5 Å². The summed E-state index contributed by atoms with van der Waals surface area (Å²) in [5, 5.41) is 3.81. The lowest BCUT2D eigenvalue weighted by atomic mass is 10.3. The topological polar surface area (TPSA) is 37.8 Å². The highest BCUT2D eigenvalue weighted by Crippen LogP contribution is 2.36. The number of nitrogens with zero attached hydrogens (tertiary/aromatic N) is 2. The first-order valence-electron chi connectivity index (χ1n) is 6.19. The Morgan fingerprint density at radius 1 is 1.39 bits per heavy atom. The van der Waals surface area contributed by atoms with Gasteiger partial charge in [-0.3, -0.25) is 0 Å². The van der Waals surface area contributed by atoms with E-state index in [4.69, 9.17) is 4.98 Å². The van der Waals surface area contributed by atoms with Crippen LogP contribution in [0.3, 0.4) is 0 Å². The summed E-state index contributed by atoms with van der Waals surface area (Å²) in [4.78, 5) is 9.32. The molecule has 6 heteroatoms. The fourth-order valence-corrected chi connectivity index (χ4v) is 4.64. The maximum Gasteiger partial charge on any atom is 0.144 e. The summed E-state index contributed by atoms with van der Waals surface area (Å²) in [7, 11) is 0. The first-order chi connectivity index (χ1) is 8.72. The van der Waals surface area contributed by atoms with Crippen molar-refractivity contribution in [1.82, 2.24) is 9.97 Å². The van der Waals surface area contributed by atoms with Crippen LogP contribution in [-0.2, 0) is 0 Å². The normalized spacial score (nSPS) is 19.8. The van der Waals surface area contributed by atoms with Gasteiger partial charge in [0.2, 0.25) is 0 Å². The summed E-state index contributed by atoms with van der Waals surface area (Å²) < 4.78 is 0.994. The van der Waals surface area contributed by atoms with Crippen molar-refractivity contribution >= 4 is 45.3 Å². The molecule has 100 valence electrons. The van der Waals surface area contributed by atoms with Crippen molar-refractivity contribution in [3.05, 3.63) is 16.0 Å². The van der Waals surface area contributed by atoms with E-state index < -0.39 is 0 Å². The molecule has 1 aliphatic heterocycles. The maximum absolute atomic E-state index is 4.69. The van der Waals surface area contributed by atoms with Crippen LogP contribution < -0.4 is 5.32 Å². The second-order valence-corrected chi connectivity index (χ2v) is 7.44. The molecule has 0 amide bonds. The fourth-order valence-electron chi connectivity index (χ4n) is 1.72. The molecule has 2 rings (SSSR count). The van der Waals surface area contributed by atoms with Gasteiger partial charge in [0, 0.05) is 23.8 Å². The van der Waals surface area contributed by atoms with E-state index in [1.165, 1.54) is 11.5 Å². The van der Waals surface area contributed by atoms with Crippen molar-refractivity contribution < 1.29 is 0 Å². The van der Waals surface area contributed by atoms with Gasteiger partial charge in [-0.1, -0.05) is 6.92 Å². The minimum absolute atomic E-state index is 0.442. The Kier molecular flexibility index (Phi) is 5.63. The standard InChI is InChI=1S/C12H18BrN3S2/c1-3-4-14-12-10(13)8(2)15-11(16-12)9-7-17-5-6-18-9/h9H,3-7H2,1-2H3,(H,14,15,16). The van der Waals surface area contributed by atoms with E-state index in [1.54, 1.807) is 0 Å². The lowest BCUT2D eigenvalue weighted by molar-refractivity contribution is 0.885. The zero-order valence-corrected chi connectivity index (χ0v) is 13.9. The van der Waals surface area contributed by atoms with Crippen LogP contribution in [0.5, 0.6) is 0 Å². The van der Waals surface area contributed by atoms with Crippen molar-refractivity contribution in [3.63, 3.8) is 0 Å². The highest BCUT2D eigenvalue weighted by Gasteiger charge is 2.21. The van der Waals surface area contributed by atoms with Crippen LogP contribution in [0.4, 0.5) is 5.82 Å². The largest absolute Gasteiger partial charge is 0.369 e. The molecule has 1 unspecified atom stereocenters. The monoisotopic (exact) mass is 347 g/mol. The molecule has 1 N–H and O–H groups in total. The Hall–Kier alpha value is 0.0600. The highest BCUT2D eigenvalue weighted by molar-refractivity contribution is 9.10. The van der Waals surface area contributed by atoms with Crippen molar-refractivity contribution in [2.75, 3.05) is 29.1 Å². The summed E-state index contributed by atoms with van der Waals surface area (Å²) in [5.41, 5.74) is 1.02. The SMILES string of the molecule is CCCNc1nc(C2CSCCS2)nc(C)c1Br. The number of nitrogens with one attached hydrogen (secondary N) is 1. The smallest absolute Gasteiger partial charge is 0.144 e. The van der Waals surface area contributed by atoms with Crippen molar-refractivity contribution in [3.8, 4) is 0 Å². The number of hydrogen-bond donors (Lipinski definition) is 1. The van der Waals surface area contributed by atoms with Gasteiger partial charge in [0.05, 0.1) is 15.4 Å². The number of rotatable bonds is 4. The highest BCUT2D eigenvalue weighted by atomic mass is 79.9. The van der Waals surface area contributed by atoms with Crippen molar-refractivity contribution in [2.24, 2.45) is 0 Å². The molecule has 1 aromatic rings. The number of halogens is 1.